The van der Waals surface area contributed by atoms with E-state index < -0.39 is 0 Å². The van der Waals surface area contributed by atoms with Crippen molar-refractivity contribution in [1.29, 1.82) is 0 Å². The van der Waals surface area contributed by atoms with Crippen molar-refractivity contribution >= 4 is 6.09 Å². The first-order valence-corrected chi connectivity index (χ1v) is 5.93. The summed E-state index contributed by atoms with van der Waals surface area (Å²) < 4.78 is 5.12. The number of ether oxygens (including phenoxy) is 1. The van der Waals surface area contributed by atoms with Gasteiger partial charge in [-0.1, -0.05) is 37.3 Å². The van der Waals surface area contributed by atoms with Crippen LogP contribution in [0.5, 0.6) is 0 Å². The van der Waals surface area contributed by atoms with E-state index >= 15 is 0 Å². The van der Waals surface area contributed by atoms with Crippen LogP contribution in [-0.2, 0) is 11.3 Å². The van der Waals surface area contributed by atoms with Crippen LogP contribution in [0.4, 0.5) is 4.79 Å². The zero-order valence-corrected chi connectivity index (χ0v) is 10.2. The molecule has 0 aliphatic carbocycles. The molecule has 0 heterocycles. The third-order valence-electron chi connectivity index (χ3n) is 2.54. The van der Waals surface area contributed by atoms with Gasteiger partial charge in [0.25, 0.3) is 0 Å². The molecule has 0 saturated heterocycles. The first-order chi connectivity index (χ1) is 8.26. The highest BCUT2D eigenvalue weighted by Crippen LogP contribution is 2.02. The highest BCUT2D eigenvalue weighted by atomic mass is 16.5. The lowest BCUT2D eigenvalue weighted by Crippen LogP contribution is -2.36. The van der Waals surface area contributed by atoms with Gasteiger partial charge in [-0.15, -0.1) is 0 Å². The van der Waals surface area contributed by atoms with Crippen LogP contribution in [0, 0.1) is 0 Å². The summed E-state index contributed by atoms with van der Waals surface area (Å²) in [5, 5.41) is 2.80. The Labute approximate surface area is 102 Å². The Morgan fingerprint density at radius 2 is 2.12 bits per heavy atom. The van der Waals surface area contributed by atoms with Gasteiger partial charge in [0.1, 0.15) is 6.61 Å². The number of amides is 1. The second kappa shape index (κ2) is 7.68. The van der Waals surface area contributed by atoms with Gasteiger partial charge in [0.05, 0.1) is 0 Å². The number of carbonyl (C=O) groups is 1. The van der Waals surface area contributed by atoms with Crippen LogP contribution in [-0.4, -0.2) is 18.7 Å². The molecule has 0 spiro atoms. The summed E-state index contributed by atoms with van der Waals surface area (Å²) >= 11 is 0. The van der Waals surface area contributed by atoms with Gasteiger partial charge < -0.3 is 15.8 Å². The van der Waals surface area contributed by atoms with Crippen LogP contribution in [0.15, 0.2) is 30.3 Å². The lowest BCUT2D eigenvalue weighted by Gasteiger charge is -2.15. The Morgan fingerprint density at radius 1 is 1.41 bits per heavy atom. The van der Waals surface area contributed by atoms with Gasteiger partial charge in [-0.2, -0.15) is 0 Å². The summed E-state index contributed by atoms with van der Waals surface area (Å²) in [4.78, 5) is 11.5. The van der Waals surface area contributed by atoms with Crippen molar-refractivity contribution in [2.45, 2.75) is 32.4 Å². The minimum absolute atomic E-state index is 0.100. The Kier molecular flexibility index (Phi) is 6.10. The standard InChI is InChI=1S/C13H20N2O2/c1-2-12(8-9-14)15-13(16)17-10-11-6-4-3-5-7-11/h3-7,12H,2,8-10,14H2,1H3,(H,15,16). The number of nitrogens with two attached hydrogens (primary N) is 1. The summed E-state index contributed by atoms with van der Waals surface area (Å²) in [6.45, 7) is 2.88. The van der Waals surface area contributed by atoms with Gasteiger partial charge in [0.15, 0.2) is 0 Å². The fourth-order valence-electron chi connectivity index (χ4n) is 1.51. The average Bonchev–Trinajstić information content (AvgIpc) is 2.37. The fourth-order valence-corrected chi connectivity index (χ4v) is 1.51. The second-order valence-corrected chi connectivity index (χ2v) is 3.89. The van der Waals surface area contributed by atoms with Gasteiger partial charge >= 0.3 is 6.09 Å². The molecule has 0 aliphatic heterocycles. The number of hydrogen-bond acceptors (Lipinski definition) is 3. The minimum Gasteiger partial charge on any atom is -0.445 e. The van der Waals surface area contributed by atoms with E-state index in [0.29, 0.717) is 13.2 Å². The number of nitrogens with one attached hydrogen (secondary N) is 1. The summed E-state index contributed by atoms with van der Waals surface area (Å²) in [5.41, 5.74) is 6.43. The molecule has 1 aromatic carbocycles. The lowest BCUT2D eigenvalue weighted by molar-refractivity contribution is 0.135. The molecule has 1 amide bonds. The molecule has 4 nitrogen and oxygen atoms in total. The van der Waals surface area contributed by atoms with Gasteiger partial charge in [0, 0.05) is 6.04 Å². The molecular weight excluding hydrogens is 216 g/mol. The van der Waals surface area contributed by atoms with Crippen LogP contribution >= 0.6 is 0 Å². The summed E-state index contributed by atoms with van der Waals surface area (Å²) in [6.07, 6.45) is 1.25. The van der Waals surface area contributed by atoms with E-state index in [9.17, 15) is 4.79 Å². The molecule has 0 fully saturated rings. The molecule has 4 heteroatoms. The van der Waals surface area contributed by atoms with Gasteiger partial charge in [-0.05, 0) is 24.9 Å². The van der Waals surface area contributed by atoms with E-state index in [0.717, 1.165) is 18.4 Å². The van der Waals surface area contributed by atoms with Crippen LogP contribution < -0.4 is 11.1 Å². The molecule has 0 bridgehead atoms. The van der Waals surface area contributed by atoms with Crippen molar-refractivity contribution in [3.05, 3.63) is 35.9 Å². The average molecular weight is 236 g/mol. The third kappa shape index (κ3) is 5.36. The van der Waals surface area contributed by atoms with Crippen LogP contribution in [0.25, 0.3) is 0 Å². The normalized spacial score (nSPS) is 11.9. The monoisotopic (exact) mass is 236 g/mol. The Balaban J connectivity index is 2.30. The van der Waals surface area contributed by atoms with Crippen LogP contribution in [0.3, 0.4) is 0 Å². The molecule has 0 saturated carbocycles. The van der Waals surface area contributed by atoms with Crippen molar-refractivity contribution in [3.63, 3.8) is 0 Å². The van der Waals surface area contributed by atoms with Gasteiger partial charge in [0.2, 0.25) is 0 Å². The molecule has 0 aromatic heterocycles. The highest BCUT2D eigenvalue weighted by molar-refractivity contribution is 5.67. The van der Waals surface area contributed by atoms with Crippen molar-refractivity contribution in [2.24, 2.45) is 5.73 Å². The maximum Gasteiger partial charge on any atom is 0.407 e. The Bertz CT molecular complexity index is 327. The number of hydrogen-bond donors (Lipinski definition) is 2. The number of alkyl carbamates (subject to hydrolysis) is 1. The maximum atomic E-state index is 11.5. The smallest absolute Gasteiger partial charge is 0.407 e. The zero-order chi connectivity index (χ0) is 12.5. The molecule has 17 heavy (non-hydrogen) atoms. The molecule has 1 rings (SSSR count). The largest absolute Gasteiger partial charge is 0.445 e. The topological polar surface area (TPSA) is 64.3 Å². The van der Waals surface area contributed by atoms with E-state index in [1.807, 2.05) is 37.3 Å². The van der Waals surface area contributed by atoms with E-state index in [-0.39, 0.29) is 12.1 Å². The molecule has 1 aromatic rings. The minimum atomic E-state index is -0.380. The molecule has 94 valence electrons. The summed E-state index contributed by atoms with van der Waals surface area (Å²) in [6, 6.07) is 9.70. The number of benzene rings is 1. The third-order valence-corrected chi connectivity index (χ3v) is 2.54. The van der Waals surface area contributed by atoms with E-state index in [1.54, 1.807) is 0 Å². The Morgan fingerprint density at radius 3 is 2.71 bits per heavy atom. The molecule has 0 radical (unpaired) electrons. The first kappa shape index (κ1) is 13.5. The zero-order valence-electron chi connectivity index (χ0n) is 10.2. The quantitative estimate of drug-likeness (QED) is 0.794. The van der Waals surface area contributed by atoms with Gasteiger partial charge in [-0.3, -0.25) is 0 Å². The van der Waals surface area contributed by atoms with Crippen molar-refractivity contribution in [3.8, 4) is 0 Å². The SMILES string of the molecule is CCC(CCN)NC(=O)OCc1ccccc1. The molecular formula is C13H20N2O2. The molecule has 0 aliphatic rings. The predicted molar refractivity (Wildman–Crippen MR) is 67.5 cm³/mol. The van der Waals surface area contributed by atoms with E-state index in [2.05, 4.69) is 5.32 Å². The molecule has 3 N–H and O–H groups in total. The lowest BCUT2D eigenvalue weighted by atomic mass is 10.1. The number of carbonyl (C=O) groups excluding carboxylic acids is 1. The van der Waals surface area contributed by atoms with Gasteiger partial charge in [-0.25, -0.2) is 4.79 Å². The highest BCUT2D eigenvalue weighted by Gasteiger charge is 2.10. The predicted octanol–water partition coefficient (Wildman–Crippen LogP) is 2.04. The summed E-state index contributed by atoms with van der Waals surface area (Å²) in [7, 11) is 0. The van der Waals surface area contributed by atoms with Crippen molar-refractivity contribution in [2.75, 3.05) is 6.54 Å². The maximum absolute atomic E-state index is 11.5. The summed E-state index contributed by atoms with van der Waals surface area (Å²) in [5.74, 6) is 0. The number of rotatable bonds is 6. The second-order valence-electron chi connectivity index (χ2n) is 3.89. The van der Waals surface area contributed by atoms with Crippen molar-refractivity contribution in [1.82, 2.24) is 5.32 Å². The van der Waals surface area contributed by atoms with E-state index in [4.69, 9.17) is 10.5 Å². The molecule has 1 unspecified atom stereocenters. The van der Waals surface area contributed by atoms with Crippen molar-refractivity contribution < 1.29 is 9.53 Å². The Hall–Kier alpha value is -1.55. The van der Waals surface area contributed by atoms with Crippen LogP contribution in [0.2, 0.25) is 0 Å². The van der Waals surface area contributed by atoms with E-state index in [1.165, 1.54) is 0 Å². The first-order valence-electron chi connectivity index (χ1n) is 5.93. The van der Waals surface area contributed by atoms with Crippen LogP contribution in [0.1, 0.15) is 25.3 Å². The fraction of sp³-hybridized carbons (Fsp3) is 0.462. The molecule has 1 atom stereocenters.